The molecule has 0 saturated carbocycles. The van der Waals surface area contributed by atoms with E-state index in [2.05, 4.69) is 0 Å². The van der Waals surface area contributed by atoms with Crippen LogP contribution in [-0.4, -0.2) is 46.2 Å². The van der Waals surface area contributed by atoms with E-state index < -0.39 is 23.8 Å². The van der Waals surface area contributed by atoms with Crippen LogP contribution in [0.5, 0.6) is 0 Å². The van der Waals surface area contributed by atoms with Crippen molar-refractivity contribution >= 4 is 11.9 Å². The Labute approximate surface area is 115 Å². The number of carboxylic acids is 1. The Morgan fingerprint density at radius 2 is 2.10 bits per heavy atom. The molecule has 0 spiro atoms. The largest absolute Gasteiger partial charge is 0.481 e. The van der Waals surface area contributed by atoms with E-state index in [-0.39, 0.29) is 25.4 Å². The molecule has 5 nitrogen and oxygen atoms in total. The van der Waals surface area contributed by atoms with Gasteiger partial charge in [-0.1, -0.05) is 0 Å². The average molecular weight is 281 g/mol. The number of β-amino-alcohol motifs (C(OH)–C–C–N with tert-alkyl or cyclic N) is 1. The highest BCUT2D eigenvalue weighted by atomic mass is 19.1. The van der Waals surface area contributed by atoms with Crippen LogP contribution >= 0.6 is 0 Å². The molecule has 0 aromatic heterocycles. The number of hydrogen-bond donors (Lipinski definition) is 2. The number of aliphatic carboxylic acids is 1. The lowest BCUT2D eigenvalue weighted by atomic mass is 9.93. The highest BCUT2D eigenvalue weighted by Crippen LogP contribution is 2.21. The minimum Gasteiger partial charge on any atom is -0.481 e. The van der Waals surface area contributed by atoms with Crippen LogP contribution in [-0.2, 0) is 4.79 Å². The lowest BCUT2D eigenvalue weighted by Gasteiger charge is -2.34. The lowest BCUT2D eigenvalue weighted by molar-refractivity contribution is -0.148. The van der Waals surface area contributed by atoms with Crippen LogP contribution in [0.1, 0.15) is 22.3 Å². The highest BCUT2D eigenvalue weighted by molar-refractivity contribution is 5.95. The number of aliphatic hydroxyl groups is 1. The van der Waals surface area contributed by atoms with Gasteiger partial charge in [-0.05, 0) is 37.1 Å². The van der Waals surface area contributed by atoms with Gasteiger partial charge in [0.15, 0.2) is 0 Å². The summed E-state index contributed by atoms with van der Waals surface area (Å²) in [5, 5.41) is 18.7. The summed E-state index contributed by atoms with van der Waals surface area (Å²) in [4.78, 5) is 24.6. The van der Waals surface area contributed by atoms with Crippen LogP contribution in [0.15, 0.2) is 18.2 Å². The van der Waals surface area contributed by atoms with Crippen molar-refractivity contribution in [2.45, 2.75) is 19.4 Å². The maximum Gasteiger partial charge on any atom is 0.309 e. The molecule has 0 radical (unpaired) electrons. The lowest BCUT2D eigenvalue weighted by Crippen LogP contribution is -2.48. The van der Waals surface area contributed by atoms with Crippen molar-refractivity contribution in [3.63, 3.8) is 0 Å². The first kappa shape index (κ1) is 14.5. The first-order chi connectivity index (χ1) is 9.40. The Bertz CT molecular complexity index is 546. The fourth-order valence-corrected chi connectivity index (χ4v) is 2.44. The summed E-state index contributed by atoms with van der Waals surface area (Å²) in [5.41, 5.74) is 0.886. The van der Waals surface area contributed by atoms with Gasteiger partial charge in [0.05, 0.1) is 12.0 Å². The van der Waals surface area contributed by atoms with Crippen molar-refractivity contribution in [2.24, 2.45) is 5.92 Å². The molecular formula is C14H16FNO4. The number of rotatable bonds is 2. The number of carbonyl (C=O) groups excluding carboxylic acids is 1. The van der Waals surface area contributed by atoms with Gasteiger partial charge in [-0.2, -0.15) is 0 Å². The third-order valence-electron chi connectivity index (χ3n) is 3.61. The van der Waals surface area contributed by atoms with E-state index in [4.69, 9.17) is 5.11 Å². The molecule has 20 heavy (non-hydrogen) atoms. The summed E-state index contributed by atoms with van der Waals surface area (Å²) < 4.78 is 13.0. The number of hydrogen-bond acceptors (Lipinski definition) is 3. The third-order valence-corrected chi connectivity index (χ3v) is 3.61. The molecule has 1 aliphatic rings. The van der Waals surface area contributed by atoms with Gasteiger partial charge in [0.1, 0.15) is 5.82 Å². The summed E-state index contributed by atoms with van der Waals surface area (Å²) in [7, 11) is 0. The van der Waals surface area contributed by atoms with Crippen LogP contribution < -0.4 is 0 Å². The van der Waals surface area contributed by atoms with Gasteiger partial charge in [-0.3, -0.25) is 9.59 Å². The van der Waals surface area contributed by atoms with E-state index in [0.717, 1.165) is 0 Å². The Morgan fingerprint density at radius 1 is 1.40 bits per heavy atom. The zero-order chi connectivity index (χ0) is 14.9. The second-order valence-corrected chi connectivity index (χ2v) is 5.01. The topological polar surface area (TPSA) is 77.8 Å². The molecule has 0 bridgehead atoms. The standard InChI is InChI=1S/C14H16FNO4/c1-8-6-9(15)2-3-10(8)13(18)16-5-4-11(14(19)20)12(17)7-16/h2-3,6,11-12,17H,4-5,7H2,1H3,(H,19,20)/t11-,12+/m0/s1. The smallest absolute Gasteiger partial charge is 0.309 e. The van der Waals surface area contributed by atoms with Crippen molar-refractivity contribution in [3.8, 4) is 0 Å². The third kappa shape index (κ3) is 2.80. The van der Waals surface area contributed by atoms with E-state index >= 15 is 0 Å². The average Bonchev–Trinajstić information content (AvgIpc) is 2.37. The number of amides is 1. The minimum absolute atomic E-state index is 0.0212. The van der Waals surface area contributed by atoms with Crippen LogP contribution in [0.25, 0.3) is 0 Å². The van der Waals surface area contributed by atoms with E-state index in [1.807, 2.05) is 0 Å². The summed E-state index contributed by atoms with van der Waals surface area (Å²) in [6.45, 7) is 1.88. The summed E-state index contributed by atoms with van der Waals surface area (Å²) in [6.07, 6.45) is -0.867. The number of piperidine rings is 1. The Kier molecular flexibility index (Phi) is 4.04. The van der Waals surface area contributed by atoms with E-state index in [1.54, 1.807) is 6.92 Å². The maximum absolute atomic E-state index is 13.0. The summed E-state index contributed by atoms with van der Waals surface area (Å²) in [6, 6.07) is 3.89. The number of carbonyl (C=O) groups is 2. The zero-order valence-corrected chi connectivity index (χ0v) is 11.0. The maximum atomic E-state index is 13.0. The molecule has 108 valence electrons. The molecule has 2 rings (SSSR count). The van der Waals surface area contributed by atoms with Crippen LogP contribution in [0.2, 0.25) is 0 Å². The predicted octanol–water partition coefficient (Wildman–Crippen LogP) is 1.04. The van der Waals surface area contributed by atoms with E-state index in [0.29, 0.717) is 11.1 Å². The van der Waals surface area contributed by atoms with Gasteiger partial charge in [-0.15, -0.1) is 0 Å². The van der Waals surface area contributed by atoms with Crippen molar-refractivity contribution in [2.75, 3.05) is 13.1 Å². The Morgan fingerprint density at radius 3 is 2.65 bits per heavy atom. The molecule has 0 aliphatic carbocycles. The van der Waals surface area contributed by atoms with Gasteiger partial charge in [0.2, 0.25) is 0 Å². The van der Waals surface area contributed by atoms with Crippen molar-refractivity contribution in [1.29, 1.82) is 0 Å². The molecule has 1 saturated heterocycles. The molecule has 1 heterocycles. The highest BCUT2D eigenvalue weighted by Gasteiger charge is 2.35. The van der Waals surface area contributed by atoms with Crippen LogP contribution in [0, 0.1) is 18.7 Å². The molecule has 1 aromatic rings. The minimum atomic E-state index is -1.08. The van der Waals surface area contributed by atoms with Gasteiger partial charge >= 0.3 is 5.97 Å². The molecule has 1 fully saturated rings. The molecule has 1 aliphatic heterocycles. The van der Waals surface area contributed by atoms with E-state index in [1.165, 1.54) is 23.1 Å². The van der Waals surface area contributed by atoms with E-state index in [9.17, 15) is 19.1 Å². The number of carboxylic acid groups (broad SMARTS) is 1. The van der Waals surface area contributed by atoms with Crippen molar-refractivity contribution in [3.05, 3.63) is 35.1 Å². The number of aryl methyl sites for hydroxylation is 1. The zero-order valence-electron chi connectivity index (χ0n) is 11.0. The Balaban J connectivity index is 2.13. The van der Waals surface area contributed by atoms with Gasteiger partial charge in [-0.25, -0.2) is 4.39 Å². The number of benzene rings is 1. The molecule has 0 unspecified atom stereocenters. The van der Waals surface area contributed by atoms with Crippen LogP contribution in [0.4, 0.5) is 4.39 Å². The summed E-state index contributed by atoms with van der Waals surface area (Å²) >= 11 is 0. The van der Waals surface area contributed by atoms with Crippen molar-refractivity contribution < 1.29 is 24.2 Å². The number of nitrogens with zero attached hydrogens (tertiary/aromatic N) is 1. The molecule has 1 aromatic carbocycles. The second kappa shape index (κ2) is 5.58. The number of halogens is 1. The first-order valence-corrected chi connectivity index (χ1v) is 6.36. The molecule has 2 N–H and O–H groups in total. The second-order valence-electron chi connectivity index (χ2n) is 5.01. The molecular weight excluding hydrogens is 265 g/mol. The number of likely N-dealkylation sites (tertiary alicyclic amines) is 1. The molecule has 6 heteroatoms. The Hall–Kier alpha value is -1.95. The fraction of sp³-hybridized carbons (Fsp3) is 0.429. The van der Waals surface area contributed by atoms with Crippen LogP contribution in [0.3, 0.4) is 0 Å². The monoisotopic (exact) mass is 281 g/mol. The van der Waals surface area contributed by atoms with Gasteiger partial charge in [0.25, 0.3) is 5.91 Å². The number of aliphatic hydroxyl groups excluding tert-OH is 1. The molecule has 1 amide bonds. The van der Waals surface area contributed by atoms with Gasteiger partial charge in [0, 0.05) is 18.7 Å². The first-order valence-electron chi connectivity index (χ1n) is 6.36. The fourth-order valence-electron chi connectivity index (χ4n) is 2.44. The normalized spacial score (nSPS) is 22.6. The SMILES string of the molecule is Cc1cc(F)ccc1C(=O)N1CC[C@H](C(=O)O)[C@H](O)C1. The summed E-state index contributed by atoms with van der Waals surface area (Å²) in [5.74, 6) is -2.62. The van der Waals surface area contributed by atoms with Crippen molar-refractivity contribution in [1.82, 2.24) is 4.90 Å². The van der Waals surface area contributed by atoms with Gasteiger partial charge < -0.3 is 15.1 Å². The quantitative estimate of drug-likeness (QED) is 0.849. The molecule has 2 atom stereocenters. The predicted molar refractivity (Wildman–Crippen MR) is 68.8 cm³/mol.